The Labute approximate surface area is 121 Å². The van der Waals surface area contributed by atoms with Crippen molar-refractivity contribution in [2.75, 3.05) is 6.54 Å². The van der Waals surface area contributed by atoms with Gasteiger partial charge < -0.3 is 10.3 Å². The Kier molecular flexibility index (Phi) is 3.71. The standard InChI is InChI=1S/C15H17F2N3O/c16-11-3-2-10(12(17)7-11)6-13-19-14(21-20-13)8-15(9-18)4-1-5-15/h2-3,7H,1,4-6,8-9,18H2. The molecule has 2 N–H and O–H groups in total. The first kappa shape index (κ1) is 14.1. The fourth-order valence-electron chi connectivity index (χ4n) is 2.72. The minimum atomic E-state index is -0.598. The molecule has 1 aliphatic rings. The molecule has 3 rings (SSSR count). The molecule has 0 radical (unpaired) electrons. The number of hydrogen-bond donors (Lipinski definition) is 1. The Balaban J connectivity index is 1.70. The van der Waals surface area contributed by atoms with Crippen LogP contribution in [0.5, 0.6) is 0 Å². The van der Waals surface area contributed by atoms with Crippen molar-refractivity contribution in [2.45, 2.75) is 32.1 Å². The topological polar surface area (TPSA) is 64.9 Å². The zero-order valence-corrected chi connectivity index (χ0v) is 11.6. The number of nitrogens with zero attached hydrogens (tertiary/aromatic N) is 2. The van der Waals surface area contributed by atoms with E-state index in [4.69, 9.17) is 10.3 Å². The highest BCUT2D eigenvalue weighted by Gasteiger charge is 2.37. The fourth-order valence-corrected chi connectivity index (χ4v) is 2.72. The quantitative estimate of drug-likeness (QED) is 0.920. The maximum absolute atomic E-state index is 13.6. The van der Waals surface area contributed by atoms with Gasteiger partial charge in [-0.15, -0.1) is 0 Å². The number of rotatable bonds is 5. The van der Waals surface area contributed by atoms with E-state index in [1.165, 1.54) is 18.6 Å². The molecule has 6 heteroatoms. The first-order valence-electron chi connectivity index (χ1n) is 7.06. The van der Waals surface area contributed by atoms with Gasteiger partial charge in [-0.2, -0.15) is 4.98 Å². The predicted octanol–water partition coefficient (Wildman–Crippen LogP) is 2.61. The Morgan fingerprint density at radius 2 is 2.10 bits per heavy atom. The summed E-state index contributed by atoms with van der Waals surface area (Å²) in [4.78, 5) is 4.29. The number of hydrogen-bond acceptors (Lipinski definition) is 4. The summed E-state index contributed by atoms with van der Waals surface area (Å²) >= 11 is 0. The summed E-state index contributed by atoms with van der Waals surface area (Å²) in [7, 11) is 0. The van der Waals surface area contributed by atoms with E-state index in [-0.39, 0.29) is 11.8 Å². The highest BCUT2D eigenvalue weighted by Crippen LogP contribution is 2.42. The molecule has 0 unspecified atom stereocenters. The molecular formula is C15H17F2N3O. The van der Waals surface area contributed by atoms with Crippen LogP contribution in [0.1, 0.15) is 36.5 Å². The zero-order chi connectivity index (χ0) is 14.9. The minimum Gasteiger partial charge on any atom is -0.339 e. The summed E-state index contributed by atoms with van der Waals surface area (Å²) in [5, 5.41) is 3.86. The molecule has 112 valence electrons. The van der Waals surface area contributed by atoms with E-state index < -0.39 is 11.6 Å². The Morgan fingerprint density at radius 1 is 1.29 bits per heavy atom. The number of aromatic nitrogens is 2. The lowest BCUT2D eigenvalue weighted by Crippen LogP contribution is -2.39. The maximum Gasteiger partial charge on any atom is 0.227 e. The average molecular weight is 293 g/mol. The fraction of sp³-hybridized carbons (Fsp3) is 0.467. The van der Waals surface area contributed by atoms with Crippen molar-refractivity contribution in [1.82, 2.24) is 10.1 Å². The summed E-state index contributed by atoms with van der Waals surface area (Å²) < 4.78 is 31.7. The molecule has 1 aromatic carbocycles. The molecule has 0 aliphatic heterocycles. The van der Waals surface area contributed by atoms with Gasteiger partial charge in [0.2, 0.25) is 5.89 Å². The van der Waals surface area contributed by atoms with Gasteiger partial charge in [-0.05, 0) is 36.4 Å². The predicted molar refractivity (Wildman–Crippen MR) is 72.5 cm³/mol. The van der Waals surface area contributed by atoms with Crippen molar-refractivity contribution < 1.29 is 13.3 Å². The summed E-state index contributed by atoms with van der Waals surface area (Å²) in [6.45, 7) is 0.608. The monoisotopic (exact) mass is 293 g/mol. The smallest absolute Gasteiger partial charge is 0.227 e. The van der Waals surface area contributed by atoms with E-state index >= 15 is 0 Å². The van der Waals surface area contributed by atoms with Crippen molar-refractivity contribution in [3.8, 4) is 0 Å². The lowest BCUT2D eigenvalue weighted by atomic mass is 9.67. The summed E-state index contributed by atoms with van der Waals surface area (Å²) in [6.07, 6.45) is 4.19. The normalized spacial score (nSPS) is 16.7. The average Bonchev–Trinajstić information content (AvgIpc) is 2.85. The van der Waals surface area contributed by atoms with Crippen LogP contribution in [0.25, 0.3) is 0 Å². The summed E-state index contributed by atoms with van der Waals surface area (Å²) in [6, 6.07) is 3.47. The SMILES string of the molecule is NCC1(Cc2nc(Cc3ccc(F)cc3F)no2)CCC1. The van der Waals surface area contributed by atoms with E-state index in [1.807, 2.05) is 0 Å². The van der Waals surface area contributed by atoms with Crippen LogP contribution in [0.15, 0.2) is 22.7 Å². The molecule has 0 saturated heterocycles. The second-order valence-electron chi connectivity index (χ2n) is 5.75. The van der Waals surface area contributed by atoms with Crippen LogP contribution >= 0.6 is 0 Å². The van der Waals surface area contributed by atoms with Crippen LogP contribution in [0.2, 0.25) is 0 Å². The highest BCUT2D eigenvalue weighted by atomic mass is 19.1. The van der Waals surface area contributed by atoms with Gasteiger partial charge in [0.05, 0.1) is 0 Å². The van der Waals surface area contributed by atoms with E-state index in [0.717, 1.165) is 18.9 Å². The van der Waals surface area contributed by atoms with Crippen molar-refractivity contribution in [3.63, 3.8) is 0 Å². The first-order chi connectivity index (χ1) is 10.1. The number of nitrogens with two attached hydrogens (primary N) is 1. The molecule has 21 heavy (non-hydrogen) atoms. The van der Waals surface area contributed by atoms with Gasteiger partial charge in [-0.3, -0.25) is 0 Å². The van der Waals surface area contributed by atoms with Gasteiger partial charge in [0, 0.05) is 18.9 Å². The number of benzene rings is 1. The molecule has 0 spiro atoms. The lowest BCUT2D eigenvalue weighted by molar-refractivity contribution is 0.129. The first-order valence-corrected chi connectivity index (χ1v) is 7.06. The molecule has 1 aliphatic carbocycles. The van der Waals surface area contributed by atoms with Crippen molar-refractivity contribution in [2.24, 2.45) is 11.1 Å². The van der Waals surface area contributed by atoms with Crippen LogP contribution in [0.4, 0.5) is 8.78 Å². The van der Waals surface area contributed by atoms with Crippen LogP contribution < -0.4 is 5.73 Å². The Bertz CT molecular complexity index is 632. The summed E-state index contributed by atoms with van der Waals surface area (Å²) in [5.74, 6) is -0.252. The molecule has 1 heterocycles. The summed E-state index contributed by atoms with van der Waals surface area (Å²) in [5.41, 5.74) is 6.24. The minimum absolute atomic E-state index is 0.0882. The van der Waals surface area contributed by atoms with Gasteiger partial charge in [0.15, 0.2) is 5.82 Å². The lowest BCUT2D eigenvalue weighted by Gasteiger charge is -2.39. The van der Waals surface area contributed by atoms with Crippen LogP contribution in [0, 0.1) is 17.0 Å². The van der Waals surface area contributed by atoms with Crippen molar-refractivity contribution in [3.05, 3.63) is 47.1 Å². The third-order valence-electron chi connectivity index (χ3n) is 4.25. The van der Waals surface area contributed by atoms with E-state index in [2.05, 4.69) is 10.1 Å². The van der Waals surface area contributed by atoms with Crippen molar-refractivity contribution >= 4 is 0 Å². The molecule has 2 aromatic rings. The van der Waals surface area contributed by atoms with Gasteiger partial charge in [-0.1, -0.05) is 17.6 Å². The molecule has 4 nitrogen and oxygen atoms in total. The van der Waals surface area contributed by atoms with E-state index in [1.54, 1.807) is 0 Å². The maximum atomic E-state index is 13.6. The molecular weight excluding hydrogens is 276 g/mol. The molecule has 1 saturated carbocycles. The molecule has 0 atom stereocenters. The third-order valence-corrected chi connectivity index (χ3v) is 4.25. The van der Waals surface area contributed by atoms with Crippen LogP contribution in [-0.2, 0) is 12.8 Å². The Morgan fingerprint density at radius 3 is 2.71 bits per heavy atom. The Hall–Kier alpha value is -1.82. The number of halogens is 2. The van der Waals surface area contributed by atoms with E-state index in [9.17, 15) is 8.78 Å². The largest absolute Gasteiger partial charge is 0.339 e. The van der Waals surface area contributed by atoms with Gasteiger partial charge in [0.25, 0.3) is 0 Å². The third kappa shape index (κ3) is 2.95. The molecule has 1 fully saturated rings. The van der Waals surface area contributed by atoms with Crippen molar-refractivity contribution in [1.29, 1.82) is 0 Å². The van der Waals surface area contributed by atoms with Crippen LogP contribution in [0.3, 0.4) is 0 Å². The van der Waals surface area contributed by atoms with Crippen LogP contribution in [-0.4, -0.2) is 16.7 Å². The molecule has 1 aromatic heterocycles. The molecule has 0 bridgehead atoms. The van der Waals surface area contributed by atoms with Gasteiger partial charge in [0.1, 0.15) is 11.6 Å². The highest BCUT2D eigenvalue weighted by molar-refractivity contribution is 5.21. The molecule has 0 amide bonds. The van der Waals surface area contributed by atoms with Gasteiger partial charge in [-0.25, -0.2) is 8.78 Å². The zero-order valence-electron chi connectivity index (χ0n) is 11.6. The second kappa shape index (κ2) is 5.52. The van der Waals surface area contributed by atoms with E-state index in [0.29, 0.717) is 30.2 Å². The second-order valence-corrected chi connectivity index (χ2v) is 5.75. The van der Waals surface area contributed by atoms with Gasteiger partial charge >= 0.3 is 0 Å².